The van der Waals surface area contributed by atoms with E-state index in [-0.39, 0.29) is 18.2 Å². The molecule has 1 aliphatic heterocycles. The minimum absolute atomic E-state index is 0.0577. The van der Waals surface area contributed by atoms with Crippen LogP contribution in [-0.2, 0) is 0 Å². The Hall–Kier alpha value is -2.09. The van der Waals surface area contributed by atoms with Gasteiger partial charge in [0.25, 0.3) is 0 Å². The fourth-order valence-electron chi connectivity index (χ4n) is 3.17. The molecule has 0 amide bonds. The average molecular weight is 377 g/mol. The van der Waals surface area contributed by atoms with Gasteiger partial charge in [-0.15, -0.1) is 0 Å². The molecule has 1 saturated heterocycles. The van der Waals surface area contributed by atoms with E-state index in [1.807, 2.05) is 6.07 Å². The normalized spacial score (nSPS) is 19.0. The fraction of sp³-hybridized carbons (Fsp3) is 0.450. The molecule has 148 valence electrons. The number of anilines is 1. The number of hydrogen-bond donors (Lipinski definition) is 3. The summed E-state index contributed by atoms with van der Waals surface area (Å²) in [5.41, 5.74) is 19.2. The standard InChI is InChI=1S/C20H29F2N5/c1-27-9-6-15(7-10-27)19(24)17-11-14(13-26-20(17)25)4-5-16(12-21)18(22)3-2-8-23/h2-5,11,13,15,19H,6-10,12,23-24H2,1H3,(H2,25,26)/b3-2-,5-4?,18-16+. The zero-order chi connectivity index (χ0) is 19.8. The van der Waals surface area contributed by atoms with Crippen molar-refractivity contribution >= 4 is 11.9 Å². The van der Waals surface area contributed by atoms with Gasteiger partial charge in [-0.2, -0.15) is 0 Å². The van der Waals surface area contributed by atoms with Crippen molar-refractivity contribution in [2.45, 2.75) is 18.9 Å². The molecule has 0 radical (unpaired) electrons. The molecule has 0 spiro atoms. The highest BCUT2D eigenvalue weighted by Gasteiger charge is 2.25. The largest absolute Gasteiger partial charge is 0.383 e. The van der Waals surface area contributed by atoms with Crippen molar-refractivity contribution < 1.29 is 8.78 Å². The van der Waals surface area contributed by atoms with E-state index in [1.54, 1.807) is 12.3 Å². The maximum absolute atomic E-state index is 13.9. The van der Waals surface area contributed by atoms with Crippen molar-refractivity contribution in [3.63, 3.8) is 0 Å². The first-order chi connectivity index (χ1) is 13.0. The summed E-state index contributed by atoms with van der Waals surface area (Å²) < 4.78 is 27.0. The summed E-state index contributed by atoms with van der Waals surface area (Å²) in [6, 6.07) is 1.64. The molecule has 1 unspecified atom stereocenters. The molecule has 0 saturated carbocycles. The first kappa shape index (κ1) is 21.2. The molecule has 2 rings (SSSR count). The van der Waals surface area contributed by atoms with Crippen LogP contribution in [0.3, 0.4) is 0 Å². The molecular formula is C20H29F2N5. The number of allylic oxidation sites excluding steroid dienone is 4. The molecule has 1 atom stereocenters. The summed E-state index contributed by atoms with van der Waals surface area (Å²) in [6.07, 6.45) is 9.19. The molecule has 2 heterocycles. The molecule has 27 heavy (non-hydrogen) atoms. The summed E-state index contributed by atoms with van der Waals surface area (Å²) in [5, 5.41) is 0. The number of hydrogen-bond acceptors (Lipinski definition) is 5. The third-order valence-corrected chi connectivity index (χ3v) is 4.93. The first-order valence-electron chi connectivity index (χ1n) is 9.15. The zero-order valence-corrected chi connectivity index (χ0v) is 15.7. The number of aromatic nitrogens is 1. The molecule has 7 heteroatoms. The number of piperidine rings is 1. The van der Waals surface area contributed by atoms with Gasteiger partial charge >= 0.3 is 0 Å². The van der Waals surface area contributed by atoms with Crippen molar-refractivity contribution in [3.05, 3.63) is 53.0 Å². The summed E-state index contributed by atoms with van der Waals surface area (Å²) in [5.74, 6) is 0.0902. The number of rotatable bonds is 7. The average Bonchev–Trinajstić information content (AvgIpc) is 2.68. The number of pyridine rings is 1. The molecular weight excluding hydrogens is 348 g/mol. The number of halogens is 2. The lowest BCUT2D eigenvalue weighted by atomic mass is 9.86. The van der Waals surface area contributed by atoms with E-state index in [9.17, 15) is 8.78 Å². The highest BCUT2D eigenvalue weighted by molar-refractivity contribution is 5.57. The van der Waals surface area contributed by atoms with E-state index in [0.29, 0.717) is 17.3 Å². The van der Waals surface area contributed by atoms with Crippen LogP contribution in [0, 0.1) is 5.92 Å². The van der Waals surface area contributed by atoms with Gasteiger partial charge in [0.05, 0.1) is 0 Å². The molecule has 0 aliphatic carbocycles. The van der Waals surface area contributed by atoms with E-state index in [0.717, 1.165) is 31.5 Å². The first-order valence-corrected chi connectivity index (χ1v) is 9.15. The zero-order valence-electron chi connectivity index (χ0n) is 15.7. The van der Waals surface area contributed by atoms with Crippen LogP contribution >= 0.6 is 0 Å². The second-order valence-corrected chi connectivity index (χ2v) is 6.89. The van der Waals surface area contributed by atoms with Crippen LogP contribution in [0.5, 0.6) is 0 Å². The molecule has 1 fully saturated rings. The van der Waals surface area contributed by atoms with Gasteiger partial charge in [-0.3, -0.25) is 0 Å². The van der Waals surface area contributed by atoms with E-state index >= 15 is 0 Å². The van der Waals surface area contributed by atoms with E-state index in [2.05, 4.69) is 16.9 Å². The fourth-order valence-corrected chi connectivity index (χ4v) is 3.17. The van der Waals surface area contributed by atoms with Gasteiger partial charge in [-0.25, -0.2) is 13.8 Å². The minimum atomic E-state index is -0.915. The molecule has 1 aromatic rings. The van der Waals surface area contributed by atoms with Crippen molar-refractivity contribution in [2.24, 2.45) is 17.4 Å². The van der Waals surface area contributed by atoms with Gasteiger partial charge in [0.2, 0.25) is 0 Å². The molecule has 5 nitrogen and oxygen atoms in total. The number of nitrogens with zero attached hydrogens (tertiary/aromatic N) is 2. The molecule has 0 aromatic carbocycles. The lowest BCUT2D eigenvalue weighted by Crippen LogP contribution is -2.35. The van der Waals surface area contributed by atoms with Crippen LogP contribution in [0.25, 0.3) is 6.08 Å². The molecule has 0 bridgehead atoms. The topological polar surface area (TPSA) is 94.2 Å². The predicted octanol–water partition coefficient (Wildman–Crippen LogP) is 2.73. The Kier molecular flexibility index (Phi) is 8.09. The van der Waals surface area contributed by atoms with Crippen LogP contribution in [0.2, 0.25) is 0 Å². The van der Waals surface area contributed by atoms with E-state index in [1.165, 1.54) is 18.2 Å². The SMILES string of the molecule is CN1CCC(C(N)c2cc(C=C/C(CF)=C(F)/C=C\CN)cnc2N)CC1. The summed E-state index contributed by atoms with van der Waals surface area (Å²) >= 11 is 0. The maximum atomic E-state index is 13.9. The van der Waals surface area contributed by atoms with Crippen molar-refractivity contribution in [1.82, 2.24) is 9.88 Å². The quantitative estimate of drug-likeness (QED) is 0.635. The third-order valence-electron chi connectivity index (χ3n) is 4.93. The minimum Gasteiger partial charge on any atom is -0.383 e. The Bertz CT molecular complexity index is 706. The van der Waals surface area contributed by atoms with Gasteiger partial charge in [0.1, 0.15) is 18.3 Å². The number of alkyl halides is 1. The number of nitrogens with two attached hydrogens (primary N) is 3. The molecule has 1 aromatic heterocycles. The Morgan fingerprint density at radius 2 is 2.07 bits per heavy atom. The van der Waals surface area contributed by atoms with Crippen molar-refractivity contribution in [1.29, 1.82) is 0 Å². The second kappa shape index (κ2) is 10.3. The van der Waals surface area contributed by atoms with Crippen molar-refractivity contribution in [3.8, 4) is 0 Å². The van der Waals surface area contributed by atoms with Crippen LogP contribution in [-0.4, -0.2) is 43.2 Å². The van der Waals surface area contributed by atoms with Gasteiger partial charge in [-0.05, 0) is 56.6 Å². The lowest BCUT2D eigenvalue weighted by molar-refractivity contribution is 0.199. The van der Waals surface area contributed by atoms with Gasteiger partial charge in [0, 0.05) is 29.9 Å². The predicted molar refractivity (Wildman–Crippen MR) is 107 cm³/mol. The smallest absolute Gasteiger partial charge is 0.128 e. The monoisotopic (exact) mass is 377 g/mol. The molecule has 6 N–H and O–H groups in total. The number of nitrogen functional groups attached to an aromatic ring is 1. The van der Waals surface area contributed by atoms with Crippen molar-refractivity contribution in [2.75, 3.05) is 39.1 Å². The summed E-state index contributed by atoms with van der Waals surface area (Å²) in [4.78, 5) is 6.49. The lowest BCUT2D eigenvalue weighted by Gasteiger charge is -2.33. The van der Waals surface area contributed by atoms with Crippen LogP contribution < -0.4 is 17.2 Å². The second-order valence-electron chi connectivity index (χ2n) is 6.89. The highest BCUT2D eigenvalue weighted by atomic mass is 19.1. The Morgan fingerprint density at radius 1 is 1.37 bits per heavy atom. The maximum Gasteiger partial charge on any atom is 0.128 e. The summed E-state index contributed by atoms with van der Waals surface area (Å²) in [7, 11) is 2.10. The Labute approximate surface area is 159 Å². The summed E-state index contributed by atoms with van der Waals surface area (Å²) in [6.45, 7) is 1.29. The van der Waals surface area contributed by atoms with Gasteiger partial charge < -0.3 is 22.1 Å². The third kappa shape index (κ3) is 5.95. The van der Waals surface area contributed by atoms with E-state index in [4.69, 9.17) is 17.2 Å². The number of likely N-dealkylation sites (tertiary alicyclic amines) is 1. The van der Waals surface area contributed by atoms with E-state index < -0.39 is 12.5 Å². The molecule has 1 aliphatic rings. The van der Waals surface area contributed by atoms with Crippen LogP contribution in [0.1, 0.15) is 30.0 Å². The Morgan fingerprint density at radius 3 is 2.70 bits per heavy atom. The van der Waals surface area contributed by atoms with Gasteiger partial charge in [0.15, 0.2) is 0 Å². The van der Waals surface area contributed by atoms with Gasteiger partial charge in [-0.1, -0.05) is 18.2 Å². The van der Waals surface area contributed by atoms with Crippen LogP contribution in [0.4, 0.5) is 14.6 Å². The van der Waals surface area contributed by atoms with Crippen LogP contribution in [0.15, 0.2) is 41.9 Å². The highest BCUT2D eigenvalue weighted by Crippen LogP contribution is 2.31. The Balaban J connectivity index is 2.20.